The van der Waals surface area contributed by atoms with E-state index >= 15 is 0 Å². The Kier molecular flexibility index (Phi) is 6.55. The van der Waals surface area contributed by atoms with Crippen LogP contribution in [0.3, 0.4) is 0 Å². The van der Waals surface area contributed by atoms with Crippen molar-refractivity contribution in [3.8, 4) is 0 Å². The molecule has 0 saturated carbocycles. The number of likely N-dealkylation sites (tertiary alicyclic amines) is 1. The van der Waals surface area contributed by atoms with Gasteiger partial charge in [-0.15, -0.1) is 12.4 Å². The number of carbonyl (C=O) groups is 2. The Labute approximate surface area is 169 Å². The first-order valence-corrected chi connectivity index (χ1v) is 9.82. The molecule has 3 saturated heterocycles. The number of nitrogens with one attached hydrogen (secondary N) is 1. The monoisotopic (exact) mass is 413 g/mol. The summed E-state index contributed by atoms with van der Waals surface area (Å²) in [5, 5.41) is 3.41. The Morgan fingerprint density at radius 2 is 1.71 bits per heavy atom. The van der Waals surface area contributed by atoms with E-state index in [2.05, 4.69) is 10.2 Å². The number of carbonyl (C=O) groups excluding carboxylic acids is 2. The van der Waals surface area contributed by atoms with Crippen LogP contribution in [-0.4, -0.2) is 59.9 Å². The van der Waals surface area contributed by atoms with E-state index in [1.54, 1.807) is 4.90 Å². The van der Waals surface area contributed by atoms with Crippen LogP contribution in [0.4, 0.5) is 8.78 Å². The SMILES string of the molecule is Cl.O=C(c1ccc(F)cc1F)N1CCC(C(=O)N2C3CCNCC2CC3)CC1. The van der Waals surface area contributed by atoms with Crippen LogP contribution in [0, 0.1) is 17.6 Å². The van der Waals surface area contributed by atoms with Crippen LogP contribution in [0.2, 0.25) is 0 Å². The van der Waals surface area contributed by atoms with Crippen LogP contribution in [0.25, 0.3) is 0 Å². The number of amides is 2. The maximum Gasteiger partial charge on any atom is 0.256 e. The summed E-state index contributed by atoms with van der Waals surface area (Å²) < 4.78 is 26.9. The number of hydrogen-bond donors (Lipinski definition) is 1. The highest BCUT2D eigenvalue weighted by Gasteiger charge is 2.41. The van der Waals surface area contributed by atoms with Crippen molar-refractivity contribution < 1.29 is 18.4 Å². The van der Waals surface area contributed by atoms with Gasteiger partial charge in [0.15, 0.2) is 0 Å². The number of piperidine rings is 1. The van der Waals surface area contributed by atoms with Crippen molar-refractivity contribution in [1.82, 2.24) is 15.1 Å². The highest BCUT2D eigenvalue weighted by molar-refractivity contribution is 5.94. The number of benzene rings is 1. The molecule has 0 aliphatic carbocycles. The van der Waals surface area contributed by atoms with Crippen molar-refractivity contribution in [2.24, 2.45) is 5.92 Å². The summed E-state index contributed by atoms with van der Waals surface area (Å²) in [6, 6.07) is 3.64. The summed E-state index contributed by atoms with van der Waals surface area (Å²) in [6.45, 7) is 2.67. The fourth-order valence-corrected chi connectivity index (χ4v) is 4.72. The highest BCUT2D eigenvalue weighted by atomic mass is 35.5. The summed E-state index contributed by atoms with van der Waals surface area (Å²) in [7, 11) is 0. The van der Waals surface area contributed by atoms with Crippen LogP contribution in [0.5, 0.6) is 0 Å². The van der Waals surface area contributed by atoms with E-state index in [1.807, 2.05) is 0 Å². The van der Waals surface area contributed by atoms with Crippen molar-refractivity contribution in [3.63, 3.8) is 0 Å². The zero-order valence-electron chi connectivity index (χ0n) is 15.7. The third-order valence-electron chi connectivity index (χ3n) is 6.20. The van der Waals surface area contributed by atoms with Gasteiger partial charge in [0.05, 0.1) is 5.56 Å². The van der Waals surface area contributed by atoms with Crippen LogP contribution < -0.4 is 5.32 Å². The van der Waals surface area contributed by atoms with Gasteiger partial charge in [0.2, 0.25) is 5.91 Å². The van der Waals surface area contributed by atoms with Crippen LogP contribution in [0.15, 0.2) is 18.2 Å². The molecule has 2 bridgehead atoms. The fraction of sp³-hybridized carbons (Fsp3) is 0.600. The van der Waals surface area contributed by atoms with Crippen LogP contribution in [-0.2, 0) is 4.79 Å². The average molecular weight is 414 g/mol. The van der Waals surface area contributed by atoms with E-state index < -0.39 is 17.5 Å². The predicted molar refractivity (Wildman–Crippen MR) is 103 cm³/mol. The Hall–Kier alpha value is -1.73. The molecule has 154 valence electrons. The Morgan fingerprint density at radius 3 is 2.43 bits per heavy atom. The van der Waals surface area contributed by atoms with E-state index in [0.717, 1.165) is 44.5 Å². The quantitative estimate of drug-likeness (QED) is 0.810. The summed E-state index contributed by atoms with van der Waals surface area (Å²) in [4.78, 5) is 29.3. The maximum atomic E-state index is 13.9. The Morgan fingerprint density at radius 1 is 1.00 bits per heavy atom. The third kappa shape index (κ3) is 4.01. The highest BCUT2D eigenvalue weighted by Crippen LogP contribution is 2.32. The summed E-state index contributed by atoms with van der Waals surface area (Å²) >= 11 is 0. The summed E-state index contributed by atoms with van der Waals surface area (Å²) in [6.07, 6.45) is 4.33. The Balaban J connectivity index is 0.00000225. The van der Waals surface area contributed by atoms with E-state index in [4.69, 9.17) is 0 Å². The molecule has 28 heavy (non-hydrogen) atoms. The first-order chi connectivity index (χ1) is 13.0. The minimum atomic E-state index is -0.841. The molecule has 4 rings (SSSR count). The van der Waals surface area contributed by atoms with Crippen molar-refractivity contribution in [2.75, 3.05) is 26.2 Å². The lowest BCUT2D eigenvalue weighted by Gasteiger charge is -2.36. The summed E-state index contributed by atoms with van der Waals surface area (Å²) in [5.41, 5.74) is -0.113. The molecule has 0 radical (unpaired) electrons. The molecule has 1 aromatic carbocycles. The second-order valence-corrected chi connectivity index (χ2v) is 7.81. The molecule has 5 nitrogen and oxygen atoms in total. The van der Waals surface area contributed by atoms with Gasteiger partial charge >= 0.3 is 0 Å². The first kappa shape index (κ1) is 21.0. The second-order valence-electron chi connectivity index (χ2n) is 7.81. The molecule has 3 fully saturated rings. The molecule has 2 unspecified atom stereocenters. The maximum absolute atomic E-state index is 13.9. The Bertz CT molecular complexity index is 726. The lowest BCUT2D eigenvalue weighted by Crippen LogP contribution is -2.49. The minimum Gasteiger partial charge on any atom is -0.339 e. The van der Waals surface area contributed by atoms with E-state index in [0.29, 0.717) is 32.0 Å². The number of nitrogens with zero attached hydrogens (tertiary/aromatic N) is 2. The van der Waals surface area contributed by atoms with Crippen LogP contribution >= 0.6 is 12.4 Å². The van der Waals surface area contributed by atoms with Crippen LogP contribution in [0.1, 0.15) is 42.5 Å². The van der Waals surface area contributed by atoms with Gasteiger partial charge in [0.25, 0.3) is 5.91 Å². The molecule has 8 heteroatoms. The van der Waals surface area contributed by atoms with Crippen molar-refractivity contribution >= 4 is 24.2 Å². The topological polar surface area (TPSA) is 52.7 Å². The molecule has 0 spiro atoms. The van der Waals surface area contributed by atoms with Gasteiger partial charge in [-0.2, -0.15) is 0 Å². The molecule has 1 aromatic rings. The van der Waals surface area contributed by atoms with E-state index in [9.17, 15) is 18.4 Å². The first-order valence-electron chi connectivity index (χ1n) is 9.82. The van der Waals surface area contributed by atoms with Crippen molar-refractivity contribution in [1.29, 1.82) is 0 Å². The molecule has 2 amide bonds. The number of hydrogen-bond acceptors (Lipinski definition) is 3. The molecular weight excluding hydrogens is 388 g/mol. The minimum absolute atomic E-state index is 0. The van der Waals surface area contributed by atoms with Gasteiger partial charge in [0.1, 0.15) is 11.6 Å². The summed E-state index contributed by atoms with van der Waals surface area (Å²) in [5.74, 6) is -1.83. The van der Waals surface area contributed by atoms with E-state index in [1.165, 1.54) is 6.07 Å². The molecule has 1 N–H and O–H groups in total. The average Bonchev–Trinajstić information content (AvgIpc) is 2.93. The zero-order valence-corrected chi connectivity index (χ0v) is 16.5. The second kappa shape index (κ2) is 8.74. The largest absolute Gasteiger partial charge is 0.339 e. The molecule has 3 heterocycles. The molecule has 3 aliphatic rings. The fourth-order valence-electron chi connectivity index (χ4n) is 4.72. The van der Waals surface area contributed by atoms with Crippen molar-refractivity contribution in [2.45, 2.75) is 44.2 Å². The van der Waals surface area contributed by atoms with Gasteiger partial charge in [-0.1, -0.05) is 0 Å². The van der Waals surface area contributed by atoms with E-state index in [-0.39, 0.29) is 35.8 Å². The normalized spacial score (nSPS) is 25.2. The standard InChI is InChI=1S/C20H25F2N3O2.ClH/c21-14-1-4-17(18(22)11-14)20(27)24-9-6-13(7-10-24)19(26)25-15-2-3-16(25)12-23-8-5-15;/h1,4,11,13,15-16,23H,2-3,5-10,12H2;1H. The number of rotatable bonds is 2. The van der Waals surface area contributed by atoms with Gasteiger partial charge in [0, 0.05) is 43.7 Å². The molecule has 2 atom stereocenters. The number of fused-ring (bicyclic) bond motifs is 2. The zero-order chi connectivity index (χ0) is 19.0. The van der Waals surface area contributed by atoms with Gasteiger partial charge in [-0.25, -0.2) is 8.78 Å². The lowest BCUT2D eigenvalue weighted by atomic mass is 9.94. The number of halogens is 3. The van der Waals surface area contributed by atoms with Gasteiger partial charge < -0.3 is 15.1 Å². The molecular formula is C20H26ClF2N3O2. The third-order valence-corrected chi connectivity index (χ3v) is 6.20. The van der Waals surface area contributed by atoms with Gasteiger partial charge in [-0.3, -0.25) is 9.59 Å². The lowest BCUT2D eigenvalue weighted by molar-refractivity contribution is -0.139. The molecule has 0 aromatic heterocycles. The molecule has 3 aliphatic heterocycles. The smallest absolute Gasteiger partial charge is 0.256 e. The van der Waals surface area contributed by atoms with Gasteiger partial charge in [-0.05, 0) is 50.8 Å². The predicted octanol–water partition coefficient (Wildman–Crippen LogP) is 2.59. The van der Waals surface area contributed by atoms with Crippen molar-refractivity contribution in [3.05, 3.63) is 35.4 Å².